The van der Waals surface area contributed by atoms with Crippen molar-refractivity contribution in [2.75, 3.05) is 19.8 Å². The Bertz CT molecular complexity index is 368. The normalized spacial score (nSPS) is 18.5. The summed E-state index contributed by atoms with van der Waals surface area (Å²) < 4.78 is 10.3. The van der Waals surface area contributed by atoms with Crippen molar-refractivity contribution < 1.29 is 19.1 Å². The van der Waals surface area contributed by atoms with Crippen LogP contribution in [0.2, 0.25) is 0 Å². The lowest BCUT2D eigenvalue weighted by atomic mass is 9.94. The molecule has 0 aromatic carbocycles. The minimum absolute atomic E-state index is 0.0636. The first-order valence-corrected chi connectivity index (χ1v) is 6.27. The van der Waals surface area contributed by atoms with Gasteiger partial charge in [0.25, 0.3) is 0 Å². The molecular weight excluding hydrogens is 234 g/mol. The number of aryl methyl sites for hydroxylation is 1. The number of hydrogen-bond acceptors (Lipinski definition) is 4. The standard InChI is InChI=1S/C13H19NO4/c15-12(4-3-11-2-1-7-18-11)14-10-13(16)5-8-17-9-6-13/h1-2,7,16H,3-6,8-10H2,(H,14,15). The molecule has 1 aromatic rings. The average Bonchev–Trinajstić information content (AvgIpc) is 2.88. The predicted octanol–water partition coefficient (Wildman–Crippen LogP) is 0.870. The molecule has 0 atom stereocenters. The fourth-order valence-corrected chi connectivity index (χ4v) is 1.97. The monoisotopic (exact) mass is 253 g/mol. The summed E-state index contributed by atoms with van der Waals surface area (Å²) in [5.74, 6) is 0.737. The Morgan fingerprint density at radius 1 is 1.44 bits per heavy atom. The molecule has 2 N–H and O–H groups in total. The van der Waals surface area contributed by atoms with Crippen LogP contribution in [0.5, 0.6) is 0 Å². The molecule has 0 spiro atoms. The molecule has 0 unspecified atom stereocenters. The summed E-state index contributed by atoms with van der Waals surface area (Å²) in [6, 6.07) is 3.65. The molecule has 1 saturated heterocycles. The summed E-state index contributed by atoms with van der Waals surface area (Å²) in [7, 11) is 0. The second kappa shape index (κ2) is 6.02. The molecule has 0 saturated carbocycles. The van der Waals surface area contributed by atoms with Crippen molar-refractivity contribution in [2.45, 2.75) is 31.3 Å². The lowest BCUT2D eigenvalue weighted by Crippen LogP contribution is -2.46. The Kier molecular flexibility index (Phi) is 4.38. The van der Waals surface area contributed by atoms with Crippen LogP contribution in [0, 0.1) is 0 Å². The van der Waals surface area contributed by atoms with Gasteiger partial charge < -0.3 is 19.6 Å². The molecular formula is C13H19NO4. The lowest BCUT2D eigenvalue weighted by Gasteiger charge is -2.32. The van der Waals surface area contributed by atoms with Gasteiger partial charge in [-0.25, -0.2) is 0 Å². The van der Waals surface area contributed by atoms with Crippen LogP contribution in [0.3, 0.4) is 0 Å². The molecule has 5 heteroatoms. The van der Waals surface area contributed by atoms with E-state index in [1.807, 2.05) is 6.07 Å². The van der Waals surface area contributed by atoms with Crippen molar-refractivity contribution in [1.29, 1.82) is 0 Å². The van der Waals surface area contributed by atoms with Crippen molar-refractivity contribution in [1.82, 2.24) is 5.32 Å². The van der Waals surface area contributed by atoms with E-state index < -0.39 is 5.60 Å². The van der Waals surface area contributed by atoms with Crippen LogP contribution in [0.15, 0.2) is 22.8 Å². The van der Waals surface area contributed by atoms with E-state index >= 15 is 0 Å². The van der Waals surface area contributed by atoms with E-state index in [0.717, 1.165) is 5.76 Å². The highest BCUT2D eigenvalue weighted by atomic mass is 16.5. The van der Waals surface area contributed by atoms with Crippen molar-refractivity contribution >= 4 is 5.91 Å². The molecule has 2 rings (SSSR count). The van der Waals surface area contributed by atoms with Crippen LogP contribution >= 0.6 is 0 Å². The van der Waals surface area contributed by atoms with E-state index in [2.05, 4.69) is 5.32 Å². The second-order valence-corrected chi connectivity index (χ2v) is 4.69. The Hall–Kier alpha value is -1.33. The van der Waals surface area contributed by atoms with E-state index in [1.165, 1.54) is 0 Å². The van der Waals surface area contributed by atoms with Crippen LogP contribution in [0.1, 0.15) is 25.0 Å². The third kappa shape index (κ3) is 3.85. The topological polar surface area (TPSA) is 71.7 Å². The Labute approximate surface area is 106 Å². The molecule has 5 nitrogen and oxygen atoms in total. The minimum atomic E-state index is -0.807. The molecule has 18 heavy (non-hydrogen) atoms. The summed E-state index contributed by atoms with van der Waals surface area (Å²) in [4.78, 5) is 11.6. The van der Waals surface area contributed by atoms with Crippen molar-refractivity contribution in [3.8, 4) is 0 Å². The van der Waals surface area contributed by atoms with Gasteiger partial charge in [-0.15, -0.1) is 0 Å². The van der Waals surface area contributed by atoms with Gasteiger partial charge in [0.2, 0.25) is 5.91 Å². The van der Waals surface area contributed by atoms with E-state index in [9.17, 15) is 9.90 Å². The van der Waals surface area contributed by atoms with Crippen LogP contribution in [-0.4, -0.2) is 36.4 Å². The maximum Gasteiger partial charge on any atom is 0.220 e. The molecule has 100 valence electrons. The number of carbonyl (C=O) groups excluding carboxylic acids is 1. The summed E-state index contributed by atoms with van der Waals surface area (Å²) in [6.07, 6.45) is 3.70. The zero-order valence-corrected chi connectivity index (χ0v) is 10.4. The highest BCUT2D eigenvalue weighted by Gasteiger charge is 2.29. The summed E-state index contributed by atoms with van der Waals surface area (Å²) in [5.41, 5.74) is -0.807. The average molecular weight is 253 g/mol. The van der Waals surface area contributed by atoms with Crippen LogP contribution in [-0.2, 0) is 16.0 Å². The van der Waals surface area contributed by atoms with Crippen molar-refractivity contribution in [2.24, 2.45) is 0 Å². The van der Waals surface area contributed by atoms with E-state index in [4.69, 9.17) is 9.15 Å². The number of hydrogen-bond donors (Lipinski definition) is 2. The number of ether oxygens (including phenoxy) is 1. The van der Waals surface area contributed by atoms with Crippen molar-refractivity contribution in [3.63, 3.8) is 0 Å². The van der Waals surface area contributed by atoms with Crippen LogP contribution < -0.4 is 5.32 Å². The SMILES string of the molecule is O=C(CCc1ccco1)NCC1(O)CCOCC1. The third-order valence-corrected chi connectivity index (χ3v) is 3.22. The van der Waals surface area contributed by atoms with Gasteiger partial charge in [-0.2, -0.15) is 0 Å². The van der Waals surface area contributed by atoms with Gasteiger partial charge in [0.15, 0.2) is 0 Å². The zero-order valence-electron chi connectivity index (χ0n) is 10.4. The van der Waals surface area contributed by atoms with Gasteiger partial charge in [-0.3, -0.25) is 4.79 Å². The molecule has 2 heterocycles. The highest BCUT2D eigenvalue weighted by Crippen LogP contribution is 2.19. The zero-order chi connectivity index (χ0) is 12.8. The molecule has 1 fully saturated rings. The Balaban J connectivity index is 1.68. The number of carbonyl (C=O) groups is 1. The van der Waals surface area contributed by atoms with E-state index in [-0.39, 0.29) is 5.91 Å². The van der Waals surface area contributed by atoms with Crippen LogP contribution in [0.25, 0.3) is 0 Å². The van der Waals surface area contributed by atoms with Gasteiger partial charge in [0.05, 0.1) is 11.9 Å². The Morgan fingerprint density at radius 2 is 2.22 bits per heavy atom. The Morgan fingerprint density at radius 3 is 2.89 bits per heavy atom. The van der Waals surface area contributed by atoms with E-state index in [1.54, 1.807) is 12.3 Å². The molecule has 0 aliphatic carbocycles. The summed E-state index contributed by atoms with van der Waals surface area (Å²) in [6.45, 7) is 1.41. The van der Waals surface area contributed by atoms with Gasteiger partial charge in [-0.1, -0.05) is 0 Å². The number of amides is 1. The minimum Gasteiger partial charge on any atom is -0.469 e. The molecule has 1 aliphatic rings. The summed E-state index contributed by atoms with van der Waals surface area (Å²) >= 11 is 0. The first-order valence-electron chi connectivity index (χ1n) is 6.27. The van der Waals surface area contributed by atoms with Gasteiger partial charge >= 0.3 is 0 Å². The van der Waals surface area contributed by atoms with Crippen molar-refractivity contribution in [3.05, 3.63) is 24.2 Å². The van der Waals surface area contributed by atoms with Gasteiger partial charge in [-0.05, 0) is 12.1 Å². The predicted molar refractivity (Wildman–Crippen MR) is 65.0 cm³/mol. The molecule has 1 aromatic heterocycles. The summed E-state index contributed by atoms with van der Waals surface area (Å²) in [5, 5.41) is 12.9. The molecule has 1 aliphatic heterocycles. The van der Waals surface area contributed by atoms with Crippen LogP contribution in [0.4, 0.5) is 0 Å². The number of aliphatic hydroxyl groups is 1. The smallest absolute Gasteiger partial charge is 0.220 e. The molecule has 1 amide bonds. The number of rotatable bonds is 5. The van der Waals surface area contributed by atoms with Gasteiger partial charge in [0.1, 0.15) is 5.76 Å². The second-order valence-electron chi connectivity index (χ2n) is 4.69. The van der Waals surface area contributed by atoms with Gasteiger partial charge in [0, 0.05) is 45.4 Å². The molecule has 0 radical (unpaired) electrons. The number of nitrogens with one attached hydrogen (secondary N) is 1. The highest BCUT2D eigenvalue weighted by molar-refractivity contribution is 5.76. The third-order valence-electron chi connectivity index (χ3n) is 3.22. The lowest BCUT2D eigenvalue weighted by molar-refractivity contribution is -0.123. The maximum atomic E-state index is 11.6. The first kappa shape index (κ1) is 13.1. The molecule has 0 bridgehead atoms. The fraction of sp³-hybridized carbons (Fsp3) is 0.615. The van der Waals surface area contributed by atoms with E-state index in [0.29, 0.717) is 45.4 Å². The maximum absolute atomic E-state index is 11.6. The quantitative estimate of drug-likeness (QED) is 0.816. The largest absolute Gasteiger partial charge is 0.469 e. The number of furan rings is 1. The first-order chi connectivity index (χ1) is 8.68. The fourth-order valence-electron chi connectivity index (χ4n) is 1.97.